The molecule has 0 aliphatic carbocycles. The van der Waals surface area contributed by atoms with Gasteiger partial charge in [0.25, 0.3) is 5.91 Å². The summed E-state index contributed by atoms with van der Waals surface area (Å²) in [7, 11) is 0. The third-order valence-corrected chi connectivity index (χ3v) is 10.2. The summed E-state index contributed by atoms with van der Waals surface area (Å²) < 4.78 is 6.76. The van der Waals surface area contributed by atoms with Gasteiger partial charge >= 0.3 is 0 Å². The quantitative estimate of drug-likeness (QED) is 0.261. The summed E-state index contributed by atoms with van der Waals surface area (Å²) in [5.41, 5.74) is 1.66. The number of aryl methyl sites for hydroxylation is 1. The molecule has 0 aromatic heterocycles. The van der Waals surface area contributed by atoms with Crippen LogP contribution in [0.15, 0.2) is 104 Å². The van der Waals surface area contributed by atoms with Gasteiger partial charge in [-0.3, -0.25) is 14.4 Å². The van der Waals surface area contributed by atoms with Gasteiger partial charge in [-0.2, -0.15) is 0 Å². The fourth-order valence-corrected chi connectivity index (χ4v) is 8.28. The summed E-state index contributed by atoms with van der Waals surface area (Å²) in [5, 5.41) is 11.2. The van der Waals surface area contributed by atoms with Crippen LogP contribution in [-0.2, 0) is 25.7 Å². The Labute approximate surface area is 280 Å². The van der Waals surface area contributed by atoms with Crippen molar-refractivity contribution >= 4 is 35.0 Å². The second kappa shape index (κ2) is 13.5. The molecule has 3 aromatic carbocycles. The molecule has 3 fully saturated rings. The zero-order chi connectivity index (χ0) is 33.3. The lowest BCUT2D eigenvalue weighted by atomic mass is 9.70. The number of benzene rings is 3. The van der Waals surface area contributed by atoms with Gasteiger partial charge < -0.3 is 24.5 Å². The van der Waals surface area contributed by atoms with E-state index in [4.69, 9.17) is 16.3 Å². The van der Waals surface area contributed by atoms with Crippen molar-refractivity contribution in [3.8, 4) is 0 Å². The highest BCUT2D eigenvalue weighted by molar-refractivity contribution is 6.34. The number of carbonyl (C=O) groups excluding carboxylic acids is 3. The maximum Gasteiger partial charge on any atom is 0.253 e. The van der Waals surface area contributed by atoms with Crippen molar-refractivity contribution in [2.45, 2.75) is 50.1 Å². The first-order chi connectivity index (χ1) is 22.8. The number of carbonyl (C=O) groups is 3. The number of likely N-dealkylation sites (tertiary alicyclic amines) is 1. The molecule has 1 spiro atoms. The van der Waals surface area contributed by atoms with Gasteiger partial charge in [0.15, 0.2) is 0 Å². The second-order valence-electron chi connectivity index (χ2n) is 12.5. The lowest BCUT2D eigenvalue weighted by Crippen LogP contribution is -2.57. The van der Waals surface area contributed by atoms with Crippen LogP contribution in [0.1, 0.15) is 35.6 Å². The molecule has 2 bridgehead atoms. The average Bonchev–Trinajstić information content (AvgIpc) is 3.72. The number of amides is 3. The summed E-state index contributed by atoms with van der Waals surface area (Å²) in [6.07, 6.45) is 3.70. The Morgan fingerprint density at radius 2 is 1.70 bits per heavy atom. The molecule has 3 amide bonds. The van der Waals surface area contributed by atoms with Gasteiger partial charge in [0, 0.05) is 19.6 Å². The first-order valence-corrected chi connectivity index (χ1v) is 16.4. The molecule has 0 radical (unpaired) electrons. The second-order valence-corrected chi connectivity index (χ2v) is 13.0. The van der Waals surface area contributed by atoms with E-state index in [0.29, 0.717) is 42.2 Å². The first kappa shape index (κ1) is 32.7. The topological polar surface area (TPSA) is 90.4 Å². The van der Waals surface area contributed by atoms with Crippen LogP contribution in [0, 0.1) is 18.8 Å². The van der Waals surface area contributed by atoms with Crippen molar-refractivity contribution in [1.29, 1.82) is 0 Å². The zero-order valence-electron chi connectivity index (χ0n) is 26.5. The molecule has 1 N–H and O–H groups in total. The number of hydrogen-bond donors (Lipinski definition) is 1. The summed E-state index contributed by atoms with van der Waals surface area (Å²) >= 11 is 6.71. The molecular formula is C38H40ClN3O5. The number of halogens is 1. The fourth-order valence-electron chi connectivity index (χ4n) is 7.95. The van der Waals surface area contributed by atoms with Crippen molar-refractivity contribution in [3.63, 3.8) is 0 Å². The number of ether oxygens (including phenoxy) is 1. The third kappa shape index (κ3) is 5.58. The normalized spacial score (nSPS) is 24.9. The van der Waals surface area contributed by atoms with E-state index in [9.17, 15) is 14.7 Å². The standard InChI is InChI=1S/C38H40ClN3O5/c1-4-21-40(23-26-14-8-6-9-15-26)35(44)31-30-19-20-38(47-30)32(31)36(45)42(29(24-43)27-16-10-7-11-17-27)34(38)37(46)41(22-5-2)33-25(3)13-12-18-28(33)39/h4-18,29-32,34,43H,1-2,19-24H2,3H3/t29-,30+,31-,32+,34?,38?/m1/s1. The largest absolute Gasteiger partial charge is 0.394 e. The molecule has 0 saturated carbocycles. The minimum absolute atomic E-state index is 0.133. The number of para-hydroxylation sites is 1. The highest BCUT2D eigenvalue weighted by Gasteiger charge is 2.75. The zero-order valence-corrected chi connectivity index (χ0v) is 27.3. The van der Waals surface area contributed by atoms with Crippen LogP contribution in [-0.4, -0.2) is 70.1 Å². The monoisotopic (exact) mass is 653 g/mol. The molecule has 8 nitrogen and oxygen atoms in total. The molecule has 3 saturated heterocycles. The van der Waals surface area contributed by atoms with Crippen LogP contribution < -0.4 is 4.90 Å². The molecule has 9 heteroatoms. The van der Waals surface area contributed by atoms with E-state index in [1.807, 2.05) is 79.7 Å². The van der Waals surface area contributed by atoms with E-state index in [1.165, 1.54) is 4.90 Å². The number of fused-ring (bicyclic) bond motifs is 1. The average molecular weight is 654 g/mol. The fraction of sp³-hybridized carbons (Fsp3) is 0.342. The molecule has 6 atom stereocenters. The maximum absolute atomic E-state index is 15.1. The van der Waals surface area contributed by atoms with Crippen molar-refractivity contribution in [2.24, 2.45) is 11.8 Å². The first-order valence-electron chi connectivity index (χ1n) is 16.0. The molecule has 3 aliphatic rings. The van der Waals surface area contributed by atoms with Gasteiger partial charge in [-0.25, -0.2) is 0 Å². The number of rotatable bonds is 12. The van der Waals surface area contributed by atoms with E-state index in [2.05, 4.69) is 13.2 Å². The Bertz CT molecular complexity index is 1650. The molecule has 3 heterocycles. The van der Waals surface area contributed by atoms with E-state index < -0.39 is 48.1 Å². The van der Waals surface area contributed by atoms with Crippen molar-refractivity contribution < 1.29 is 24.2 Å². The van der Waals surface area contributed by atoms with Gasteiger partial charge in [0.2, 0.25) is 11.8 Å². The molecule has 3 aliphatic heterocycles. The van der Waals surface area contributed by atoms with Crippen molar-refractivity contribution in [3.05, 3.63) is 126 Å². The number of nitrogens with zero attached hydrogens (tertiary/aromatic N) is 3. The number of anilines is 1. The van der Waals surface area contributed by atoms with Crippen LogP contribution in [0.2, 0.25) is 5.02 Å². The molecule has 3 aromatic rings. The van der Waals surface area contributed by atoms with E-state index >= 15 is 4.79 Å². The van der Waals surface area contributed by atoms with Gasteiger partial charge in [0.05, 0.1) is 41.3 Å². The van der Waals surface area contributed by atoms with Crippen molar-refractivity contribution in [2.75, 3.05) is 24.6 Å². The summed E-state index contributed by atoms with van der Waals surface area (Å²) in [6, 6.07) is 22.3. The van der Waals surface area contributed by atoms with Gasteiger partial charge in [-0.05, 0) is 42.5 Å². The van der Waals surface area contributed by atoms with Crippen LogP contribution in [0.3, 0.4) is 0 Å². The lowest BCUT2D eigenvalue weighted by molar-refractivity contribution is -0.147. The molecular weight excluding hydrogens is 614 g/mol. The molecule has 47 heavy (non-hydrogen) atoms. The SMILES string of the molecule is C=CCN(Cc1ccccc1)C(=O)[C@@H]1[C@@H]2CCC3(O2)C(C(=O)N(CC=C)c2c(C)cccc2Cl)N([C@H](CO)c2ccccc2)C(=O)[C@H]13. The van der Waals surface area contributed by atoms with Crippen LogP contribution in [0.5, 0.6) is 0 Å². The Balaban J connectivity index is 1.46. The summed E-state index contributed by atoms with van der Waals surface area (Å²) in [6.45, 7) is 9.99. The number of hydrogen-bond acceptors (Lipinski definition) is 5. The molecule has 6 rings (SSSR count). The predicted molar refractivity (Wildman–Crippen MR) is 182 cm³/mol. The van der Waals surface area contributed by atoms with Gasteiger partial charge in [-0.15, -0.1) is 13.2 Å². The minimum Gasteiger partial charge on any atom is -0.394 e. The van der Waals surface area contributed by atoms with Crippen LogP contribution >= 0.6 is 11.6 Å². The minimum atomic E-state index is -1.28. The van der Waals surface area contributed by atoms with E-state index in [1.54, 1.807) is 28.0 Å². The molecule has 2 unspecified atom stereocenters. The number of aliphatic hydroxyl groups excluding tert-OH is 1. The van der Waals surface area contributed by atoms with Crippen LogP contribution in [0.25, 0.3) is 0 Å². The van der Waals surface area contributed by atoms with Crippen molar-refractivity contribution in [1.82, 2.24) is 9.80 Å². The van der Waals surface area contributed by atoms with Gasteiger partial charge in [0.1, 0.15) is 11.6 Å². The van der Waals surface area contributed by atoms with Gasteiger partial charge in [-0.1, -0.05) is 96.5 Å². The highest BCUT2D eigenvalue weighted by Crippen LogP contribution is 2.60. The van der Waals surface area contributed by atoms with E-state index in [-0.39, 0.29) is 18.4 Å². The number of aliphatic hydroxyl groups is 1. The lowest BCUT2D eigenvalue weighted by Gasteiger charge is -2.39. The Kier molecular flexibility index (Phi) is 9.37. The summed E-state index contributed by atoms with van der Waals surface area (Å²) in [5.74, 6) is -2.70. The third-order valence-electron chi connectivity index (χ3n) is 9.86. The molecule has 244 valence electrons. The summed E-state index contributed by atoms with van der Waals surface area (Å²) in [4.78, 5) is 49.2. The Morgan fingerprint density at radius 3 is 2.34 bits per heavy atom. The maximum atomic E-state index is 15.1. The van der Waals surface area contributed by atoms with E-state index in [0.717, 1.165) is 11.1 Å². The van der Waals surface area contributed by atoms with Crippen LogP contribution in [0.4, 0.5) is 5.69 Å². The Morgan fingerprint density at radius 1 is 1.02 bits per heavy atom. The Hall–Kier alpha value is -4.24. The smallest absolute Gasteiger partial charge is 0.253 e. The predicted octanol–water partition coefficient (Wildman–Crippen LogP) is 5.49. The highest BCUT2D eigenvalue weighted by atomic mass is 35.5.